The van der Waals surface area contributed by atoms with Gasteiger partial charge in [0.05, 0.1) is 11.3 Å². The molecule has 1 rings (SSSR count). The molecule has 0 unspecified atom stereocenters. The highest BCUT2D eigenvalue weighted by molar-refractivity contribution is 5.93. The van der Waals surface area contributed by atoms with E-state index in [1.54, 1.807) is 13.0 Å². The number of aliphatic hydroxyl groups excluding tert-OH is 1. The van der Waals surface area contributed by atoms with E-state index in [1.165, 1.54) is 32.1 Å². The Morgan fingerprint density at radius 2 is 2.00 bits per heavy atom. The molecule has 4 nitrogen and oxygen atoms in total. The van der Waals surface area contributed by atoms with Crippen molar-refractivity contribution < 1.29 is 9.90 Å². The molecule has 0 bridgehead atoms. The van der Waals surface area contributed by atoms with Gasteiger partial charge in [-0.25, -0.2) is 0 Å². The number of nitrogens with two attached hydrogens (primary N) is 1. The van der Waals surface area contributed by atoms with Crippen molar-refractivity contribution in [3.8, 4) is 0 Å². The van der Waals surface area contributed by atoms with Crippen LogP contribution >= 0.6 is 0 Å². The summed E-state index contributed by atoms with van der Waals surface area (Å²) >= 11 is 0. The molecule has 1 aliphatic carbocycles. The van der Waals surface area contributed by atoms with Crippen molar-refractivity contribution in [1.82, 2.24) is 5.32 Å². The van der Waals surface area contributed by atoms with Crippen molar-refractivity contribution in [3.05, 3.63) is 23.1 Å². The molecule has 0 aromatic rings. The van der Waals surface area contributed by atoms with E-state index >= 15 is 0 Å². The largest absolute Gasteiger partial charge is 0.505 e. The predicted octanol–water partition coefficient (Wildman–Crippen LogP) is 2.77. The van der Waals surface area contributed by atoms with Gasteiger partial charge in [-0.15, -0.1) is 0 Å². The van der Waals surface area contributed by atoms with Crippen LogP contribution in [0.5, 0.6) is 0 Å². The van der Waals surface area contributed by atoms with Crippen molar-refractivity contribution >= 4 is 5.91 Å². The van der Waals surface area contributed by atoms with Gasteiger partial charge in [0.2, 0.25) is 0 Å². The standard InChI is InChI=1S/C15H26N2O2/c1-3-7-13(16)14(18)11(2)15(19)17-10-12-8-5-4-6-9-12/h7,12,18H,3-6,8-10,16H2,1-2H3,(H,17,19)/b13-7+,14-11-. The van der Waals surface area contributed by atoms with Crippen LogP contribution < -0.4 is 11.1 Å². The summed E-state index contributed by atoms with van der Waals surface area (Å²) in [5.74, 6) is 0.245. The highest BCUT2D eigenvalue weighted by Crippen LogP contribution is 2.22. The lowest BCUT2D eigenvalue weighted by atomic mass is 9.89. The average molecular weight is 266 g/mol. The lowest BCUT2D eigenvalue weighted by Crippen LogP contribution is -2.31. The Bertz CT molecular complexity index is 366. The maximum absolute atomic E-state index is 11.9. The van der Waals surface area contributed by atoms with Gasteiger partial charge in [-0.2, -0.15) is 0 Å². The molecule has 4 heteroatoms. The van der Waals surface area contributed by atoms with E-state index in [1.807, 2.05) is 6.92 Å². The number of carbonyl (C=O) groups is 1. The minimum absolute atomic E-state index is 0.108. The molecule has 1 aliphatic rings. The first-order valence-electron chi connectivity index (χ1n) is 7.20. The molecule has 1 saturated carbocycles. The van der Waals surface area contributed by atoms with Crippen LogP contribution in [0, 0.1) is 5.92 Å². The molecule has 19 heavy (non-hydrogen) atoms. The maximum atomic E-state index is 11.9. The smallest absolute Gasteiger partial charge is 0.250 e. The second-order valence-corrected chi connectivity index (χ2v) is 5.26. The third-order valence-corrected chi connectivity index (χ3v) is 3.67. The molecule has 0 heterocycles. The van der Waals surface area contributed by atoms with Crippen LogP contribution in [0.15, 0.2) is 23.1 Å². The maximum Gasteiger partial charge on any atom is 0.250 e. The van der Waals surface area contributed by atoms with Crippen LogP contribution in [0.1, 0.15) is 52.4 Å². The number of carbonyl (C=O) groups excluding carboxylic acids is 1. The van der Waals surface area contributed by atoms with Gasteiger partial charge < -0.3 is 16.2 Å². The Morgan fingerprint density at radius 1 is 1.37 bits per heavy atom. The number of allylic oxidation sites excluding steroid dienone is 1. The first-order chi connectivity index (χ1) is 9.06. The predicted molar refractivity (Wildman–Crippen MR) is 77.5 cm³/mol. The summed E-state index contributed by atoms with van der Waals surface area (Å²) in [6, 6.07) is 0. The fraction of sp³-hybridized carbons (Fsp3) is 0.667. The molecule has 0 aliphatic heterocycles. The van der Waals surface area contributed by atoms with E-state index in [4.69, 9.17) is 5.73 Å². The Balaban J connectivity index is 2.51. The summed E-state index contributed by atoms with van der Waals surface area (Å²) in [6.07, 6.45) is 8.63. The lowest BCUT2D eigenvalue weighted by molar-refractivity contribution is -0.117. The third kappa shape index (κ3) is 4.97. The molecule has 1 fully saturated rings. The molecular weight excluding hydrogens is 240 g/mol. The topological polar surface area (TPSA) is 75.3 Å². The summed E-state index contributed by atoms with van der Waals surface area (Å²) in [4.78, 5) is 11.9. The molecule has 4 N–H and O–H groups in total. The van der Waals surface area contributed by atoms with Crippen molar-refractivity contribution in [1.29, 1.82) is 0 Å². The average Bonchev–Trinajstić information content (AvgIpc) is 2.44. The van der Waals surface area contributed by atoms with E-state index in [0.717, 1.165) is 6.42 Å². The zero-order chi connectivity index (χ0) is 14.3. The number of rotatable bonds is 5. The Hall–Kier alpha value is -1.45. The zero-order valence-corrected chi connectivity index (χ0v) is 12.0. The summed E-state index contributed by atoms with van der Waals surface area (Å²) in [5.41, 5.74) is 6.24. The molecule has 0 spiro atoms. The summed E-state index contributed by atoms with van der Waals surface area (Å²) in [7, 11) is 0. The van der Waals surface area contributed by atoms with Gasteiger partial charge in [0, 0.05) is 6.54 Å². The normalized spacial score (nSPS) is 18.9. The van der Waals surface area contributed by atoms with Gasteiger partial charge in [-0.1, -0.05) is 32.3 Å². The van der Waals surface area contributed by atoms with Crippen LogP contribution in [0.4, 0.5) is 0 Å². The number of nitrogens with one attached hydrogen (secondary N) is 1. The Morgan fingerprint density at radius 3 is 2.58 bits per heavy atom. The van der Waals surface area contributed by atoms with Gasteiger partial charge in [0.25, 0.3) is 5.91 Å². The molecule has 0 atom stereocenters. The summed E-state index contributed by atoms with van der Waals surface area (Å²) in [6.45, 7) is 4.22. The van der Waals surface area contributed by atoms with Crippen molar-refractivity contribution in [2.45, 2.75) is 52.4 Å². The minimum Gasteiger partial charge on any atom is -0.505 e. The summed E-state index contributed by atoms with van der Waals surface area (Å²) < 4.78 is 0. The molecule has 0 aromatic heterocycles. The third-order valence-electron chi connectivity index (χ3n) is 3.67. The fourth-order valence-corrected chi connectivity index (χ4v) is 2.40. The van der Waals surface area contributed by atoms with E-state index < -0.39 is 0 Å². The molecule has 0 aromatic carbocycles. The first-order valence-corrected chi connectivity index (χ1v) is 7.20. The number of amides is 1. The van der Waals surface area contributed by atoms with Crippen LogP contribution in [-0.2, 0) is 4.79 Å². The zero-order valence-electron chi connectivity index (χ0n) is 12.0. The molecule has 0 radical (unpaired) electrons. The van der Waals surface area contributed by atoms with Crippen molar-refractivity contribution in [2.24, 2.45) is 11.7 Å². The minimum atomic E-state index is -0.226. The van der Waals surface area contributed by atoms with Crippen LogP contribution in [0.25, 0.3) is 0 Å². The van der Waals surface area contributed by atoms with E-state index in [0.29, 0.717) is 12.5 Å². The SMILES string of the molecule is CC/C=C(N)\C(O)=C(/C)C(=O)NCC1CCCCC1. The molecule has 1 amide bonds. The van der Waals surface area contributed by atoms with Gasteiger partial charge in [0.15, 0.2) is 0 Å². The second-order valence-electron chi connectivity index (χ2n) is 5.26. The highest BCUT2D eigenvalue weighted by atomic mass is 16.3. The summed E-state index contributed by atoms with van der Waals surface area (Å²) in [5, 5.41) is 12.7. The number of aliphatic hydroxyl groups is 1. The van der Waals surface area contributed by atoms with E-state index in [-0.39, 0.29) is 22.9 Å². The van der Waals surface area contributed by atoms with Crippen LogP contribution in [-0.4, -0.2) is 17.6 Å². The fourth-order valence-electron chi connectivity index (χ4n) is 2.40. The van der Waals surface area contributed by atoms with Crippen molar-refractivity contribution in [2.75, 3.05) is 6.54 Å². The van der Waals surface area contributed by atoms with Gasteiger partial charge >= 0.3 is 0 Å². The van der Waals surface area contributed by atoms with Crippen molar-refractivity contribution in [3.63, 3.8) is 0 Å². The molecule has 0 saturated heterocycles. The van der Waals surface area contributed by atoms with Gasteiger partial charge in [-0.05, 0) is 32.1 Å². The second kappa shape index (κ2) is 7.87. The van der Waals surface area contributed by atoms with Crippen LogP contribution in [0.2, 0.25) is 0 Å². The Labute approximate surface area is 115 Å². The molecular formula is C15H26N2O2. The lowest BCUT2D eigenvalue weighted by Gasteiger charge is -2.21. The first kappa shape index (κ1) is 15.6. The van der Waals surface area contributed by atoms with Gasteiger partial charge in [-0.3, -0.25) is 4.79 Å². The molecule has 108 valence electrons. The highest BCUT2D eigenvalue weighted by Gasteiger charge is 2.16. The Kier molecular flexibility index (Phi) is 6.46. The monoisotopic (exact) mass is 266 g/mol. The number of hydrogen-bond acceptors (Lipinski definition) is 3. The number of hydrogen-bond donors (Lipinski definition) is 3. The van der Waals surface area contributed by atoms with E-state index in [9.17, 15) is 9.90 Å². The van der Waals surface area contributed by atoms with Gasteiger partial charge in [0.1, 0.15) is 5.76 Å². The van der Waals surface area contributed by atoms with Crippen LogP contribution in [0.3, 0.4) is 0 Å². The van der Waals surface area contributed by atoms with E-state index in [2.05, 4.69) is 5.32 Å². The quantitative estimate of drug-likeness (QED) is 0.407.